The summed E-state index contributed by atoms with van der Waals surface area (Å²) in [7, 11) is 1.62. The Balaban J connectivity index is 2.74. The summed E-state index contributed by atoms with van der Waals surface area (Å²) >= 11 is 0. The molecule has 0 aliphatic carbocycles. The summed E-state index contributed by atoms with van der Waals surface area (Å²) in [5.74, 6) is 0.163. The maximum absolute atomic E-state index is 11.4. The quantitative estimate of drug-likeness (QED) is 0.704. The largest absolute Gasteiger partial charge is 0.461 e. The number of ether oxygens (including phenoxy) is 2. The van der Waals surface area contributed by atoms with E-state index in [0.29, 0.717) is 18.9 Å². The van der Waals surface area contributed by atoms with E-state index in [9.17, 15) is 4.79 Å². The lowest BCUT2D eigenvalue weighted by molar-refractivity contribution is 0.0518. The van der Waals surface area contributed by atoms with Crippen molar-refractivity contribution >= 4 is 5.97 Å². The van der Waals surface area contributed by atoms with E-state index in [1.54, 1.807) is 26.3 Å². The fourth-order valence-corrected chi connectivity index (χ4v) is 1.16. The van der Waals surface area contributed by atoms with E-state index in [1.165, 1.54) is 0 Å². The van der Waals surface area contributed by atoms with Gasteiger partial charge in [0.2, 0.25) is 0 Å². The average Bonchev–Trinajstić information content (AvgIpc) is 2.29. The van der Waals surface area contributed by atoms with Gasteiger partial charge in [0, 0.05) is 19.7 Å². The van der Waals surface area contributed by atoms with Gasteiger partial charge in [0.05, 0.1) is 12.7 Å². The first-order valence-corrected chi connectivity index (χ1v) is 5.19. The molecule has 5 heteroatoms. The highest BCUT2D eigenvalue weighted by Crippen LogP contribution is 2.02. The third-order valence-electron chi connectivity index (χ3n) is 2.06. The van der Waals surface area contributed by atoms with Gasteiger partial charge in [0.1, 0.15) is 5.82 Å². The normalized spacial score (nSPS) is 12.2. The number of esters is 1. The molecule has 0 spiro atoms. The Kier molecular flexibility index (Phi) is 4.85. The molecule has 0 aliphatic heterocycles. The van der Waals surface area contributed by atoms with Crippen molar-refractivity contribution in [3.63, 3.8) is 0 Å². The zero-order chi connectivity index (χ0) is 12.0. The number of aromatic nitrogens is 2. The van der Waals surface area contributed by atoms with Crippen LogP contribution in [0.4, 0.5) is 0 Å². The highest BCUT2D eigenvalue weighted by Gasteiger charge is 2.11. The fraction of sp³-hybridized carbons (Fsp3) is 0.545. The molecular formula is C11H16N2O3. The minimum atomic E-state index is -0.420. The van der Waals surface area contributed by atoms with Gasteiger partial charge < -0.3 is 9.47 Å². The first kappa shape index (κ1) is 12.6. The molecule has 1 rings (SSSR count). The molecule has 1 aromatic rings. The molecule has 0 saturated heterocycles. The SMILES string of the molecule is CCOC(=O)c1ccnc(CC(C)OC)n1. The second-order valence-corrected chi connectivity index (χ2v) is 3.33. The van der Waals surface area contributed by atoms with Crippen LogP contribution in [0.2, 0.25) is 0 Å². The van der Waals surface area contributed by atoms with Gasteiger partial charge in [-0.25, -0.2) is 14.8 Å². The molecule has 16 heavy (non-hydrogen) atoms. The summed E-state index contributed by atoms with van der Waals surface area (Å²) in [6.45, 7) is 4.01. The summed E-state index contributed by atoms with van der Waals surface area (Å²) < 4.78 is 9.96. The second kappa shape index (κ2) is 6.17. The summed E-state index contributed by atoms with van der Waals surface area (Å²) in [4.78, 5) is 19.6. The van der Waals surface area contributed by atoms with E-state index in [4.69, 9.17) is 9.47 Å². The second-order valence-electron chi connectivity index (χ2n) is 3.33. The van der Waals surface area contributed by atoms with Gasteiger partial charge in [-0.3, -0.25) is 0 Å². The van der Waals surface area contributed by atoms with Crippen molar-refractivity contribution in [2.75, 3.05) is 13.7 Å². The number of hydrogen-bond donors (Lipinski definition) is 0. The van der Waals surface area contributed by atoms with Crippen LogP contribution in [0.3, 0.4) is 0 Å². The Morgan fingerprint density at radius 2 is 2.31 bits per heavy atom. The van der Waals surface area contributed by atoms with Gasteiger partial charge in [-0.1, -0.05) is 0 Å². The smallest absolute Gasteiger partial charge is 0.357 e. The van der Waals surface area contributed by atoms with Crippen LogP contribution in [0.5, 0.6) is 0 Å². The highest BCUT2D eigenvalue weighted by molar-refractivity contribution is 5.87. The van der Waals surface area contributed by atoms with E-state index >= 15 is 0 Å². The molecule has 1 unspecified atom stereocenters. The van der Waals surface area contributed by atoms with Crippen LogP contribution in [0.25, 0.3) is 0 Å². The van der Waals surface area contributed by atoms with Gasteiger partial charge in [0.15, 0.2) is 5.69 Å². The number of carbonyl (C=O) groups is 1. The topological polar surface area (TPSA) is 61.3 Å². The minimum absolute atomic E-state index is 0.0254. The predicted octanol–water partition coefficient (Wildman–Crippen LogP) is 1.23. The Labute approximate surface area is 94.8 Å². The van der Waals surface area contributed by atoms with E-state index in [0.717, 1.165) is 0 Å². The number of hydrogen-bond acceptors (Lipinski definition) is 5. The van der Waals surface area contributed by atoms with Crippen LogP contribution < -0.4 is 0 Å². The van der Waals surface area contributed by atoms with Crippen molar-refractivity contribution in [2.24, 2.45) is 0 Å². The molecule has 1 atom stereocenters. The molecule has 0 bridgehead atoms. The zero-order valence-electron chi connectivity index (χ0n) is 9.77. The van der Waals surface area contributed by atoms with Gasteiger partial charge in [0.25, 0.3) is 0 Å². The van der Waals surface area contributed by atoms with Crippen LogP contribution in [0.1, 0.15) is 30.2 Å². The molecule has 0 radical (unpaired) electrons. The van der Waals surface area contributed by atoms with Crippen LogP contribution in [0.15, 0.2) is 12.3 Å². The van der Waals surface area contributed by atoms with Crippen molar-refractivity contribution in [2.45, 2.75) is 26.4 Å². The standard InChI is InChI=1S/C11H16N2O3/c1-4-16-11(14)9-5-6-12-10(13-9)7-8(2)15-3/h5-6,8H,4,7H2,1-3H3. The molecule has 0 aromatic carbocycles. The molecule has 0 fully saturated rings. The first-order chi connectivity index (χ1) is 7.67. The molecule has 0 aliphatic rings. The lowest BCUT2D eigenvalue weighted by Gasteiger charge is -2.08. The van der Waals surface area contributed by atoms with E-state index in [1.807, 2.05) is 6.92 Å². The molecule has 0 N–H and O–H groups in total. The minimum Gasteiger partial charge on any atom is -0.461 e. The van der Waals surface area contributed by atoms with E-state index < -0.39 is 5.97 Å². The summed E-state index contributed by atoms with van der Waals surface area (Å²) in [5.41, 5.74) is 0.287. The van der Waals surface area contributed by atoms with E-state index in [-0.39, 0.29) is 11.8 Å². The number of nitrogens with zero attached hydrogens (tertiary/aromatic N) is 2. The van der Waals surface area contributed by atoms with Crippen molar-refractivity contribution in [1.29, 1.82) is 0 Å². The van der Waals surface area contributed by atoms with Gasteiger partial charge in [-0.2, -0.15) is 0 Å². The molecule has 5 nitrogen and oxygen atoms in total. The summed E-state index contributed by atoms with van der Waals surface area (Å²) in [5, 5.41) is 0. The number of methoxy groups -OCH3 is 1. The molecule has 0 saturated carbocycles. The average molecular weight is 224 g/mol. The number of rotatable bonds is 5. The third kappa shape index (κ3) is 3.58. The van der Waals surface area contributed by atoms with Crippen LogP contribution in [-0.4, -0.2) is 35.8 Å². The van der Waals surface area contributed by atoms with Crippen LogP contribution in [0, 0.1) is 0 Å². The molecule has 0 amide bonds. The van der Waals surface area contributed by atoms with Crippen molar-refractivity contribution < 1.29 is 14.3 Å². The van der Waals surface area contributed by atoms with Crippen LogP contribution >= 0.6 is 0 Å². The fourth-order valence-electron chi connectivity index (χ4n) is 1.16. The molecule has 88 valence electrons. The summed E-state index contributed by atoms with van der Waals surface area (Å²) in [6, 6.07) is 1.54. The Morgan fingerprint density at radius 3 is 2.94 bits per heavy atom. The lowest BCUT2D eigenvalue weighted by atomic mass is 10.2. The Bertz CT molecular complexity index is 355. The summed E-state index contributed by atoms with van der Waals surface area (Å²) in [6.07, 6.45) is 2.15. The van der Waals surface area contributed by atoms with Crippen molar-refractivity contribution in [1.82, 2.24) is 9.97 Å². The van der Waals surface area contributed by atoms with Gasteiger partial charge in [-0.05, 0) is 19.9 Å². The highest BCUT2D eigenvalue weighted by atomic mass is 16.5. The van der Waals surface area contributed by atoms with Crippen molar-refractivity contribution in [3.8, 4) is 0 Å². The van der Waals surface area contributed by atoms with Crippen LogP contribution in [-0.2, 0) is 15.9 Å². The van der Waals surface area contributed by atoms with Crippen molar-refractivity contribution in [3.05, 3.63) is 23.8 Å². The Morgan fingerprint density at radius 1 is 1.56 bits per heavy atom. The maximum atomic E-state index is 11.4. The monoisotopic (exact) mass is 224 g/mol. The zero-order valence-corrected chi connectivity index (χ0v) is 9.77. The van der Waals surface area contributed by atoms with Gasteiger partial charge in [-0.15, -0.1) is 0 Å². The maximum Gasteiger partial charge on any atom is 0.357 e. The Hall–Kier alpha value is -1.49. The molecule has 1 heterocycles. The lowest BCUT2D eigenvalue weighted by Crippen LogP contribution is -2.14. The number of carbonyl (C=O) groups excluding carboxylic acids is 1. The molecular weight excluding hydrogens is 208 g/mol. The predicted molar refractivity (Wildman–Crippen MR) is 58.2 cm³/mol. The van der Waals surface area contributed by atoms with Gasteiger partial charge >= 0.3 is 5.97 Å². The van der Waals surface area contributed by atoms with E-state index in [2.05, 4.69) is 9.97 Å². The third-order valence-corrected chi connectivity index (χ3v) is 2.06. The molecule has 1 aromatic heterocycles. The first-order valence-electron chi connectivity index (χ1n) is 5.19.